The van der Waals surface area contributed by atoms with Gasteiger partial charge in [-0.15, -0.1) is 0 Å². The Balaban J connectivity index is 2.25. The van der Waals surface area contributed by atoms with Crippen LogP contribution in [0.1, 0.15) is 30.7 Å². The molecule has 124 valence electrons. The number of likely N-dealkylation sites (tertiary alicyclic amines) is 1. The molecule has 1 fully saturated rings. The quantitative estimate of drug-likeness (QED) is 0.783. The van der Waals surface area contributed by atoms with Crippen LogP contribution in [0.15, 0.2) is 6.07 Å². The fourth-order valence-electron chi connectivity index (χ4n) is 2.28. The number of carbonyl (C=O) groups excluding carboxylic acids is 1. The monoisotopic (exact) mass is 329 g/mol. The van der Waals surface area contributed by atoms with E-state index in [9.17, 15) is 31.1 Å². The average Bonchev–Trinajstić information content (AvgIpc) is 2.83. The minimum atomic E-state index is -5.02. The van der Waals surface area contributed by atoms with E-state index in [2.05, 4.69) is 5.10 Å². The van der Waals surface area contributed by atoms with E-state index < -0.39 is 36.2 Å². The molecule has 22 heavy (non-hydrogen) atoms. The molecule has 0 radical (unpaired) electrons. The number of amides is 1. The van der Waals surface area contributed by atoms with E-state index in [1.807, 2.05) is 0 Å². The van der Waals surface area contributed by atoms with Crippen molar-refractivity contribution in [3.05, 3.63) is 17.5 Å². The van der Waals surface area contributed by atoms with E-state index in [0.29, 0.717) is 13.1 Å². The Kier molecular flexibility index (Phi) is 4.39. The average molecular weight is 329 g/mol. The highest BCUT2D eigenvalue weighted by Gasteiger charge is 2.42. The van der Waals surface area contributed by atoms with Crippen LogP contribution in [0.2, 0.25) is 0 Å². The summed E-state index contributed by atoms with van der Waals surface area (Å²) >= 11 is 0. The lowest BCUT2D eigenvalue weighted by Crippen LogP contribution is -2.38. The number of hydrogen-bond donors (Lipinski definition) is 0. The predicted molar refractivity (Wildman–Crippen MR) is 62.7 cm³/mol. The first-order valence-electron chi connectivity index (χ1n) is 6.59. The molecule has 0 bridgehead atoms. The Labute approximate surface area is 121 Å². The third kappa shape index (κ3) is 3.72. The zero-order valence-electron chi connectivity index (χ0n) is 11.3. The van der Waals surface area contributed by atoms with Crippen LogP contribution < -0.4 is 0 Å². The van der Waals surface area contributed by atoms with Gasteiger partial charge in [-0.1, -0.05) is 0 Å². The van der Waals surface area contributed by atoms with Crippen molar-refractivity contribution in [2.24, 2.45) is 0 Å². The minimum Gasteiger partial charge on any atom is -0.341 e. The molecule has 2 heterocycles. The first kappa shape index (κ1) is 16.6. The molecule has 1 aromatic rings. The fraction of sp³-hybridized carbons (Fsp3) is 0.667. The second-order valence-electron chi connectivity index (χ2n) is 5.01. The van der Waals surface area contributed by atoms with Gasteiger partial charge in [-0.3, -0.25) is 9.48 Å². The highest BCUT2D eigenvalue weighted by atomic mass is 19.4. The molecule has 1 aliphatic rings. The summed E-state index contributed by atoms with van der Waals surface area (Å²) in [5.74, 6) is -0.665. The Morgan fingerprint density at radius 3 is 2.14 bits per heavy atom. The van der Waals surface area contributed by atoms with Crippen molar-refractivity contribution in [2.75, 3.05) is 13.1 Å². The second kappa shape index (κ2) is 5.81. The summed E-state index contributed by atoms with van der Waals surface area (Å²) in [6, 6.07) is -0.0799. The third-order valence-corrected chi connectivity index (χ3v) is 3.35. The molecular formula is C12H13F6N3O. The Morgan fingerprint density at radius 2 is 1.64 bits per heavy atom. The van der Waals surface area contributed by atoms with Gasteiger partial charge >= 0.3 is 12.4 Å². The van der Waals surface area contributed by atoms with Gasteiger partial charge < -0.3 is 4.90 Å². The van der Waals surface area contributed by atoms with Gasteiger partial charge in [-0.25, -0.2) is 0 Å². The standard InChI is InChI=1S/C12H13F6N3O/c13-11(14,15)8-6-9(12(16,17)18)21(19-8)7-10(22)20-4-2-1-3-5-20/h6H,1-5,7H2. The number of rotatable bonds is 2. The summed E-state index contributed by atoms with van der Waals surface area (Å²) in [7, 11) is 0. The molecule has 0 saturated carbocycles. The highest BCUT2D eigenvalue weighted by Crippen LogP contribution is 2.35. The zero-order valence-corrected chi connectivity index (χ0v) is 11.3. The van der Waals surface area contributed by atoms with Crippen molar-refractivity contribution in [3.8, 4) is 0 Å². The first-order chi connectivity index (χ1) is 10.1. The molecule has 2 rings (SSSR count). The van der Waals surface area contributed by atoms with Gasteiger partial charge in [0.1, 0.15) is 12.2 Å². The lowest BCUT2D eigenvalue weighted by atomic mass is 10.1. The van der Waals surface area contributed by atoms with Crippen molar-refractivity contribution in [2.45, 2.75) is 38.2 Å². The topological polar surface area (TPSA) is 38.1 Å². The van der Waals surface area contributed by atoms with Crippen molar-refractivity contribution in [1.82, 2.24) is 14.7 Å². The SMILES string of the molecule is O=C(Cn1nc(C(F)(F)F)cc1C(F)(F)F)N1CCCCC1. The molecule has 0 aromatic carbocycles. The molecule has 0 unspecified atom stereocenters. The van der Waals surface area contributed by atoms with E-state index in [1.54, 1.807) is 0 Å². The molecule has 0 N–H and O–H groups in total. The molecule has 1 saturated heterocycles. The van der Waals surface area contributed by atoms with Crippen LogP contribution in [0.25, 0.3) is 0 Å². The van der Waals surface area contributed by atoms with Gasteiger partial charge in [-0.05, 0) is 19.3 Å². The Bertz CT molecular complexity index is 542. The van der Waals surface area contributed by atoms with Gasteiger partial charge in [-0.2, -0.15) is 31.4 Å². The van der Waals surface area contributed by atoms with Gasteiger partial charge in [0.25, 0.3) is 0 Å². The number of nitrogens with zero attached hydrogens (tertiary/aromatic N) is 3. The number of hydrogen-bond acceptors (Lipinski definition) is 2. The van der Waals surface area contributed by atoms with Crippen LogP contribution in [0.5, 0.6) is 0 Å². The summed E-state index contributed by atoms with van der Waals surface area (Å²) in [5, 5.41) is 2.91. The number of halogens is 6. The molecule has 1 aromatic heterocycles. The number of aromatic nitrogens is 2. The van der Waals surface area contributed by atoms with Crippen molar-refractivity contribution >= 4 is 5.91 Å². The van der Waals surface area contributed by atoms with E-state index in [-0.39, 0.29) is 10.7 Å². The van der Waals surface area contributed by atoms with Crippen LogP contribution >= 0.6 is 0 Å². The van der Waals surface area contributed by atoms with Crippen LogP contribution in [0.3, 0.4) is 0 Å². The normalized spacial score (nSPS) is 16.9. The Morgan fingerprint density at radius 1 is 1.05 bits per heavy atom. The third-order valence-electron chi connectivity index (χ3n) is 3.35. The summed E-state index contributed by atoms with van der Waals surface area (Å²) in [6.45, 7) is -0.0634. The molecule has 1 amide bonds. The van der Waals surface area contributed by atoms with Crippen molar-refractivity contribution < 1.29 is 31.1 Å². The number of piperidine rings is 1. The Hall–Kier alpha value is -1.74. The fourth-order valence-corrected chi connectivity index (χ4v) is 2.28. The van der Waals surface area contributed by atoms with Crippen molar-refractivity contribution in [1.29, 1.82) is 0 Å². The van der Waals surface area contributed by atoms with Crippen molar-refractivity contribution in [3.63, 3.8) is 0 Å². The maximum absolute atomic E-state index is 12.8. The number of carbonyl (C=O) groups is 1. The summed E-state index contributed by atoms with van der Waals surface area (Å²) in [5.41, 5.74) is -3.24. The van der Waals surface area contributed by atoms with E-state index in [1.165, 1.54) is 4.90 Å². The maximum atomic E-state index is 12.8. The molecule has 0 atom stereocenters. The van der Waals surface area contributed by atoms with Crippen LogP contribution in [-0.4, -0.2) is 33.7 Å². The molecular weight excluding hydrogens is 316 g/mol. The lowest BCUT2D eigenvalue weighted by Gasteiger charge is -2.27. The largest absolute Gasteiger partial charge is 0.435 e. The maximum Gasteiger partial charge on any atom is 0.435 e. The second-order valence-corrected chi connectivity index (χ2v) is 5.01. The smallest absolute Gasteiger partial charge is 0.341 e. The van der Waals surface area contributed by atoms with Crippen LogP contribution in [0, 0.1) is 0 Å². The van der Waals surface area contributed by atoms with E-state index in [0.717, 1.165) is 19.3 Å². The lowest BCUT2D eigenvalue weighted by molar-refractivity contribution is -0.146. The summed E-state index contributed by atoms with van der Waals surface area (Å²) in [6.07, 6.45) is -7.65. The number of alkyl halides is 6. The van der Waals surface area contributed by atoms with Gasteiger partial charge in [0.2, 0.25) is 5.91 Å². The van der Waals surface area contributed by atoms with Gasteiger partial charge in [0, 0.05) is 19.2 Å². The minimum absolute atomic E-state index is 0.0799. The molecule has 0 aliphatic carbocycles. The van der Waals surface area contributed by atoms with E-state index in [4.69, 9.17) is 0 Å². The molecule has 1 aliphatic heterocycles. The first-order valence-corrected chi connectivity index (χ1v) is 6.59. The van der Waals surface area contributed by atoms with Crippen LogP contribution in [-0.2, 0) is 23.7 Å². The predicted octanol–water partition coefficient (Wildman–Crippen LogP) is 2.93. The van der Waals surface area contributed by atoms with Gasteiger partial charge in [0.05, 0.1) is 0 Å². The zero-order chi connectivity index (χ0) is 16.5. The van der Waals surface area contributed by atoms with Gasteiger partial charge in [0.15, 0.2) is 5.69 Å². The highest BCUT2D eigenvalue weighted by molar-refractivity contribution is 5.76. The van der Waals surface area contributed by atoms with E-state index >= 15 is 0 Å². The van der Waals surface area contributed by atoms with Crippen LogP contribution in [0.4, 0.5) is 26.3 Å². The molecule has 4 nitrogen and oxygen atoms in total. The summed E-state index contributed by atoms with van der Waals surface area (Å²) < 4.78 is 76.0. The molecule has 0 spiro atoms. The summed E-state index contributed by atoms with van der Waals surface area (Å²) in [4.78, 5) is 13.3. The molecule has 10 heteroatoms.